The molecule has 0 spiro atoms. The Balaban J connectivity index is 0.000000453. The molecule has 12 nitrogen and oxygen atoms in total. The lowest BCUT2D eigenvalue weighted by atomic mass is 10.1. The Morgan fingerprint density at radius 1 is 0.871 bits per heavy atom. The van der Waals surface area contributed by atoms with Crippen molar-refractivity contribution >= 4 is 65.5 Å². The minimum Gasteiger partial charge on any atom is -0.493 e. The Hall–Kier alpha value is -6.47. The van der Waals surface area contributed by atoms with E-state index in [1.807, 2.05) is 107 Å². The van der Waals surface area contributed by atoms with E-state index in [1.165, 1.54) is 5.56 Å². The summed E-state index contributed by atoms with van der Waals surface area (Å²) in [6.45, 7) is 7.15. The molecule has 0 saturated carbocycles. The van der Waals surface area contributed by atoms with Gasteiger partial charge >= 0.3 is 0 Å². The molecule has 3 aliphatic heterocycles. The number of nitrogens with one attached hydrogen (secondary N) is 2. The maximum absolute atomic E-state index is 13.8. The lowest BCUT2D eigenvalue weighted by Gasteiger charge is -2.22. The van der Waals surface area contributed by atoms with Crippen LogP contribution in [0.3, 0.4) is 0 Å². The number of carbonyl (C=O) groups is 3. The molecule has 5 aromatic carbocycles. The number of carbonyl (C=O) groups excluding carboxylic acids is 3. The zero-order chi connectivity index (χ0) is 44.0. The lowest BCUT2D eigenvalue weighted by molar-refractivity contribution is -0.116. The molecule has 0 radical (unpaired) electrons. The van der Waals surface area contributed by atoms with Crippen molar-refractivity contribution in [1.82, 2.24) is 0 Å². The lowest BCUT2D eigenvalue weighted by Crippen LogP contribution is -2.37. The highest BCUT2D eigenvalue weighted by atomic mass is 32.1. The van der Waals surface area contributed by atoms with Gasteiger partial charge in [-0.1, -0.05) is 50.2 Å². The van der Waals surface area contributed by atoms with E-state index in [2.05, 4.69) is 29.3 Å². The minimum atomic E-state index is -0.270. The molecule has 0 aliphatic carbocycles. The number of aryl methyl sites for hydroxylation is 1. The number of aliphatic imine (C=N–C) groups is 1. The average molecular weight is 856 g/mol. The van der Waals surface area contributed by atoms with Crippen LogP contribution in [0, 0.1) is 6.92 Å². The summed E-state index contributed by atoms with van der Waals surface area (Å²) < 4.78 is 23.6. The Bertz CT molecular complexity index is 2500. The van der Waals surface area contributed by atoms with Crippen LogP contribution < -0.4 is 39.4 Å². The van der Waals surface area contributed by atoms with E-state index >= 15 is 0 Å². The van der Waals surface area contributed by atoms with Gasteiger partial charge in [-0.2, -0.15) is 12.6 Å². The fourth-order valence-corrected chi connectivity index (χ4v) is 7.94. The van der Waals surface area contributed by atoms with Crippen molar-refractivity contribution < 1.29 is 33.3 Å². The number of thiol groups is 1. The van der Waals surface area contributed by atoms with Crippen LogP contribution in [0.25, 0.3) is 0 Å². The molecule has 0 bridgehead atoms. The largest absolute Gasteiger partial charge is 0.493 e. The monoisotopic (exact) mass is 855 g/mol. The summed E-state index contributed by atoms with van der Waals surface area (Å²) in [6, 6.07) is 28.8. The zero-order valence-electron chi connectivity index (χ0n) is 36.0. The van der Waals surface area contributed by atoms with Crippen LogP contribution in [0.2, 0.25) is 0 Å². The smallest absolute Gasteiger partial charge is 0.261 e. The highest BCUT2D eigenvalue weighted by molar-refractivity contribution is 7.81. The zero-order valence-corrected chi connectivity index (χ0v) is 36.9. The molecule has 0 saturated heterocycles. The van der Waals surface area contributed by atoms with E-state index in [0.717, 1.165) is 58.7 Å². The van der Waals surface area contributed by atoms with Crippen molar-refractivity contribution in [2.45, 2.75) is 70.5 Å². The van der Waals surface area contributed by atoms with E-state index in [1.54, 1.807) is 36.2 Å². The van der Waals surface area contributed by atoms with Gasteiger partial charge in [0.2, 0.25) is 12.3 Å². The van der Waals surface area contributed by atoms with Crippen molar-refractivity contribution in [2.24, 2.45) is 4.99 Å². The summed E-state index contributed by atoms with van der Waals surface area (Å²) in [4.78, 5) is 45.6. The molecule has 1 unspecified atom stereocenters. The first-order valence-corrected chi connectivity index (χ1v) is 21.1. The highest BCUT2D eigenvalue weighted by Gasteiger charge is 2.36. The summed E-state index contributed by atoms with van der Waals surface area (Å²) in [7, 11) is 5.01. The van der Waals surface area contributed by atoms with E-state index in [0.29, 0.717) is 59.2 Å². The molecule has 3 amide bonds. The minimum absolute atomic E-state index is 0.112. The van der Waals surface area contributed by atoms with Crippen LogP contribution in [0.15, 0.2) is 96.0 Å². The molecule has 13 heteroatoms. The second-order valence-corrected chi connectivity index (χ2v) is 17.3. The van der Waals surface area contributed by atoms with Gasteiger partial charge in [0.05, 0.1) is 31.5 Å². The van der Waals surface area contributed by atoms with Crippen molar-refractivity contribution in [3.63, 3.8) is 0 Å². The van der Waals surface area contributed by atoms with Crippen LogP contribution in [0.1, 0.15) is 64.9 Å². The number of hydrogen-bond acceptors (Lipinski definition) is 10. The van der Waals surface area contributed by atoms with Crippen LogP contribution in [-0.4, -0.2) is 63.0 Å². The van der Waals surface area contributed by atoms with Crippen molar-refractivity contribution in [3.8, 4) is 23.0 Å². The third-order valence-corrected chi connectivity index (χ3v) is 11.3. The fourth-order valence-electron chi connectivity index (χ4n) is 7.83. The second kappa shape index (κ2) is 19.1. The molecule has 5 aromatic rings. The number of rotatable bonds is 14. The molecule has 3 heterocycles. The standard InChI is InChI=1S/C40H44N4O6S.C9H9NO/c1-24-13-34(47-5)36(19-31(24)41-4)49-22-25-14-26(16-28(15-25)43-38(45)11-12-40(2,3)51)23-50-37-20-32-30(18-35(37)48-6)39(46)44-29(21-42-32)17-27-9-7-8-10-33(27)44;11-7-10-6-5-8-3-1-2-4-9(8)10/h7-10,13-16,18-21,29,41,51H,11-12,17,22-23H2,1-6H3,(H,43,45);1-4,7H,5-6H2. The van der Waals surface area contributed by atoms with Gasteiger partial charge in [0.25, 0.3) is 5.91 Å². The Morgan fingerprint density at radius 3 is 2.18 bits per heavy atom. The Kier molecular flexibility index (Phi) is 13.4. The predicted molar refractivity (Wildman–Crippen MR) is 249 cm³/mol. The SMILES string of the molecule is CNc1cc(OCc2cc(COc3cc4c(cc3OC)C(=O)N3c5ccccc5CC3C=N4)cc(NC(=O)CCC(C)(C)S)c2)c(OC)cc1C.O=CN1CCc2ccccc21. The van der Waals surface area contributed by atoms with E-state index < -0.39 is 0 Å². The van der Waals surface area contributed by atoms with Gasteiger partial charge < -0.3 is 34.5 Å². The molecule has 0 fully saturated rings. The van der Waals surface area contributed by atoms with E-state index in [-0.39, 0.29) is 35.8 Å². The van der Waals surface area contributed by atoms with E-state index in [4.69, 9.17) is 23.9 Å². The van der Waals surface area contributed by atoms with Crippen LogP contribution in [-0.2, 0) is 35.6 Å². The first kappa shape index (κ1) is 43.6. The molecular weight excluding hydrogens is 803 g/mol. The predicted octanol–water partition coefficient (Wildman–Crippen LogP) is 9.13. The number of fused-ring (bicyclic) bond motifs is 5. The first-order valence-electron chi connectivity index (χ1n) is 20.6. The summed E-state index contributed by atoms with van der Waals surface area (Å²) in [5.74, 6) is 1.82. The summed E-state index contributed by atoms with van der Waals surface area (Å²) in [5, 5.41) is 6.22. The first-order chi connectivity index (χ1) is 29.9. The molecular formula is C49H53N5O7S. The summed E-state index contributed by atoms with van der Waals surface area (Å²) >= 11 is 4.57. The van der Waals surface area contributed by atoms with Crippen LogP contribution in [0.4, 0.5) is 28.4 Å². The highest BCUT2D eigenvalue weighted by Crippen LogP contribution is 2.41. The van der Waals surface area contributed by atoms with Gasteiger partial charge in [-0.05, 0) is 90.0 Å². The van der Waals surface area contributed by atoms with Gasteiger partial charge in [-0.15, -0.1) is 0 Å². The van der Waals surface area contributed by atoms with Gasteiger partial charge in [-0.25, -0.2) is 0 Å². The average Bonchev–Trinajstić information content (AvgIpc) is 3.84. The third kappa shape index (κ3) is 10.0. The number of hydrogen-bond donors (Lipinski definition) is 3. The van der Waals surface area contributed by atoms with Gasteiger partial charge in [0.15, 0.2) is 23.0 Å². The molecule has 8 rings (SSSR count). The fraction of sp³-hybridized carbons (Fsp3) is 0.306. The number of methoxy groups -OCH3 is 2. The quantitative estimate of drug-likeness (QED) is 0.0745. The number of ether oxygens (including phenoxy) is 4. The third-order valence-electron chi connectivity index (χ3n) is 11.0. The van der Waals surface area contributed by atoms with Crippen LogP contribution in [0.5, 0.6) is 23.0 Å². The van der Waals surface area contributed by atoms with Crippen molar-refractivity contribution in [2.75, 3.05) is 48.2 Å². The van der Waals surface area contributed by atoms with Gasteiger partial charge in [0, 0.05) is 72.3 Å². The molecule has 1 atom stereocenters. The Labute approximate surface area is 368 Å². The molecule has 2 N–H and O–H groups in total. The van der Waals surface area contributed by atoms with E-state index in [9.17, 15) is 14.4 Å². The normalized spacial score (nSPS) is 14.6. The number of nitrogens with zero attached hydrogens (tertiary/aromatic N) is 3. The summed E-state index contributed by atoms with van der Waals surface area (Å²) in [6.07, 6.45) is 5.37. The van der Waals surface area contributed by atoms with Crippen molar-refractivity contribution in [3.05, 3.63) is 124 Å². The van der Waals surface area contributed by atoms with Crippen LogP contribution >= 0.6 is 12.6 Å². The maximum atomic E-state index is 13.8. The molecule has 62 heavy (non-hydrogen) atoms. The number of anilines is 4. The Morgan fingerprint density at radius 2 is 1.52 bits per heavy atom. The van der Waals surface area contributed by atoms with Crippen molar-refractivity contribution in [1.29, 1.82) is 0 Å². The molecule has 0 aromatic heterocycles. The molecule has 322 valence electrons. The number of para-hydroxylation sites is 2. The van der Waals surface area contributed by atoms with Gasteiger partial charge in [0.1, 0.15) is 13.2 Å². The summed E-state index contributed by atoms with van der Waals surface area (Å²) in [5.41, 5.74) is 9.51. The van der Waals surface area contributed by atoms with Gasteiger partial charge in [-0.3, -0.25) is 24.3 Å². The molecule has 3 aliphatic rings. The second-order valence-electron chi connectivity index (χ2n) is 16.1. The topological polar surface area (TPSA) is 131 Å². The number of benzene rings is 5. The maximum Gasteiger partial charge on any atom is 0.261 e. The number of amides is 3.